The van der Waals surface area contributed by atoms with E-state index in [1.165, 1.54) is 6.20 Å². The van der Waals surface area contributed by atoms with Crippen molar-refractivity contribution in [1.29, 1.82) is 0 Å². The third-order valence-electron chi connectivity index (χ3n) is 3.68. The first-order valence-electron chi connectivity index (χ1n) is 7.39. The lowest BCUT2D eigenvalue weighted by atomic mass is 9.94. The van der Waals surface area contributed by atoms with Gasteiger partial charge in [-0.25, -0.2) is 14.8 Å². The Hall–Kier alpha value is -2.47. The number of carbonyl (C=O) groups excluding carboxylic acids is 1. The van der Waals surface area contributed by atoms with Crippen molar-refractivity contribution in [3.63, 3.8) is 0 Å². The first kappa shape index (κ1) is 17.9. The highest BCUT2D eigenvalue weighted by molar-refractivity contribution is 6.31. The molecule has 1 atom stereocenters. The summed E-state index contributed by atoms with van der Waals surface area (Å²) in [7, 11) is 1.67. The van der Waals surface area contributed by atoms with Gasteiger partial charge in [0.2, 0.25) is 0 Å². The molecule has 0 saturated heterocycles. The topological polar surface area (TPSA) is 83.4 Å². The summed E-state index contributed by atoms with van der Waals surface area (Å²) < 4.78 is 0. The van der Waals surface area contributed by atoms with Crippen molar-refractivity contribution in [2.24, 2.45) is 5.92 Å². The molecule has 0 aliphatic heterocycles. The SMILES string of the molecule is CC(C)C(c1ccccc1Cl)N(C)C(=O)c1cnc(C(=O)O)cn1. The molecule has 0 fully saturated rings. The van der Waals surface area contributed by atoms with E-state index in [0.717, 1.165) is 11.8 Å². The molecule has 0 saturated carbocycles. The highest BCUT2D eigenvalue weighted by Gasteiger charge is 2.28. The number of benzene rings is 1. The van der Waals surface area contributed by atoms with Crippen LogP contribution in [0.4, 0.5) is 0 Å². The van der Waals surface area contributed by atoms with Crippen LogP contribution in [0.25, 0.3) is 0 Å². The van der Waals surface area contributed by atoms with E-state index in [-0.39, 0.29) is 29.3 Å². The molecule has 24 heavy (non-hydrogen) atoms. The van der Waals surface area contributed by atoms with Crippen LogP contribution in [0.3, 0.4) is 0 Å². The van der Waals surface area contributed by atoms with Gasteiger partial charge in [0.1, 0.15) is 5.69 Å². The van der Waals surface area contributed by atoms with Crippen molar-refractivity contribution in [1.82, 2.24) is 14.9 Å². The number of carboxylic acid groups (broad SMARTS) is 1. The lowest BCUT2D eigenvalue weighted by Crippen LogP contribution is -2.35. The zero-order chi connectivity index (χ0) is 17.9. The number of hydrogen-bond donors (Lipinski definition) is 1. The fourth-order valence-electron chi connectivity index (χ4n) is 2.59. The monoisotopic (exact) mass is 347 g/mol. The lowest BCUT2D eigenvalue weighted by molar-refractivity contribution is 0.0668. The molecule has 2 rings (SSSR count). The zero-order valence-corrected chi connectivity index (χ0v) is 14.4. The second-order valence-corrected chi connectivity index (χ2v) is 6.13. The molecule has 1 heterocycles. The van der Waals surface area contributed by atoms with E-state index >= 15 is 0 Å². The quantitative estimate of drug-likeness (QED) is 0.897. The van der Waals surface area contributed by atoms with E-state index in [1.807, 2.05) is 32.0 Å². The van der Waals surface area contributed by atoms with Gasteiger partial charge in [0.15, 0.2) is 5.69 Å². The normalized spacial score (nSPS) is 12.0. The minimum Gasteiger partial charge on any atom is -0.476 e. The summed E-state index contributed by atoms with van der Waals surface area (Å²) >= 11 is 6.28. The summed E-state index contributed by atoms with van der Waals surface area (Å²) in [4.78, 5) is 32.7. The second-order valence-electron chi connectivity index (χ2n) is 5.72. The molecule has 0 aliphatic rings. The van der Waals surface area contributed by atoms with Gasteiger partial charge in [-0.05, 0) is 17.5 Å². The minimum atomic E-state index is -1.19. The van der Waals surface area contributed by atoms with Crippen LogP contribution >= 0.6 is 11.6 Å². The lowest BCUT2D eigenvalue weighted by Gasteiger charge is -2.32. The largest absolute Gasteiger partial charge is 0.476 e. The molecule has 6 nitrogen and oxygen atoms in total. The number of carbonyl (C=O) groups is 2. The number of rotatable bonds is 5. The predicted octanol–water partition coefficient (Wildman–Crippen LogP) is 3.30. The Morgan fingerprint density at radius 1 is 1.12 bits per heavy atom. The molecule has 0 aliphatic carbocycles. The standard InChI is InChI=1S/C17H18ClN3O3/c1-10(2)15(11-6-4-5-7-12(11)18)21(3)16(22)13-8-20-14(9-19-13)17(23)24/h4-10,15H,1-3H3,(H,23,24). The van der Waals surface area contributed by atoms with Crippen LogP contribution in [0.5, 0.6) is 0 Å². The van der Waals surface area contributed by atoms with Crippen LogP contribution in [-0.4, -0.2) is 38.9 Å². The zero-order valence-electron chi connectivity index (χ0n) is 13.6. The number of halogens is 1. The summed E-state index contributed by atoms with van der Waals surface area (Å²) in [6.07, 6.45) is 2.25. The van der Waals surface area contributed by atoms with Crippen molar-refractivity contribution in [2.75, 3.05) is 7.05 Å². The first-order chi connectivity index (χ1) is 11.3. The minimum absolute atomic E-state index is 0.0835. The molecule has 7 heteroatoms. The van der Waals surface area contributed by atoms with E-state index in [2.05, 4.69) is 9.97 Å². The summed E-state index contributed by atoms with van der Waals surface area (Å²) in [6, 6.07) is 7.13. The number of nitrogens with zero attached hydrogens (tertiary/aromatic N) is 3. The van der Waals surface area contributed by atoms with Crippen molar-refractivity contribution >= 4 is 23.5 Å². The highest BCUT2D eigenvalue weighted by Crippen LogP contribution is 2.33. The van der Waals surface area contributed by atoms with Crippen molar-refractivity contribution in [2.45, 2.75) is 19.9 Å². The van der Waals surface area contributed by atoms with E-state index in [4.69, 9.17) is 16.7 Å². The molecule has 1 aromatic heterocycles. The molecule has 0 bridgehead atoms. The maximum absolute atomic E-state index is 12.7. The molecule has 2 aromatic rings. The van der Waals surface area contributed by atoms with Crippen LogP contribution in [0.2, 0.25) is 5.02 Å². The Balaban J connectivity index is 2.33. The van der Waals surface area contributed by atoms with Gasteiger partial charge in [-0.1, -0.05) is 43.6 Å². The summed E-state index contributed by atoms with van der Waals surface area (Å²) in [5.74, 6) is -1.42. The van der Waals surface area contributed by atoms with Gasteiger partial charge in [-0.2, -0.15) is 0 Å². The van der Waals surface area contributed by atoms with Crippen LogP contribution in [-0.2, 0) is 0 Å². The third kappa shape index (κ3) is 3.71. The van der Waals surface area contributed by atoms with Gasteiger partial charge in [-0.3, -0.25) is 4.79 Å². The number of aromatic nitrogens is 2. The van der Waals surface area contributed by atoms with Crippen LogP contribution in [0, 0.1) is 5.92 Å². The Morgan fingerprint density at radius 3 is 2.21 bits per heavy atom. The summed E-state index contributed by atoms with van der Waals surface area (Å²) in [5.41, 5.74) is 0.723. The number of carboxylic acids is 1. The molecule has 1 amide bonds. The van der Waals surface area contributed by atoms with Crippen LogP contribution in [0.15, 0.2) is 36.7 Å². The van der Waals surface area contributed by atoms with Gasteiger partial charge >= 0.3 is 5.97 Å². The molecule has 126 valence electrons. The third-order valence-corrected chi connectivity index (χ3v) is 4.03. The average Bonchev–Trinajstić information content (AvgIpc) is 2.55. The number of hydrogen-bond acceptors (Lipinski definition) is 4. The van der Waals surface area contributed by atoms with Gasteiger partial charge in [0.25, 0.3) is 5.91 Å². The molecule has 1 unspecified atom stereocenters. The highest BCUT2D eigenvalue weighted by atomic mass is 35.5. The maximum Gasteiger partial charge on any atom is 0.356 e. The smallest absolute Gasteiger partial charge is 0.356 e. The number of aromatic carboxylic acids is 1. The van der Waals surface area contributed by atoms with E-state index in [9.17, 15) is 9.59 Å². The summed E-state index contributed by atoms with van der Waals surface area (Å²) in [5, 5.41) is 9.44. The van der Waals surface area contributed by atoms with Crippen molar-refractivity contribution in [3.05, 3.63) is 58.6 Å². The van der Waals surface area contributed by atoms with Gasteiger partial charge < -0.3 is 10.0 Å². The molecular weight excluding hydrogens is 330 g/mol. The Labute approximate surface area is 145 Å². The van der Waals surface area contributed by atoms with Crippen molar-refractivity contribution < 1.29 is 14.7 Å². The Kier molecular flexibility index (Phi) is 5.51. The van der Waals surface area contributed by atoms with Gasteiger partial charge in [0.05, 0.1) is 18.4 Å². The first-order valence-corrected chi connectivity index (χ1v) is 7.77. The van der Waals surface area contributed by atoms with Gasteiger partial charge in [0, 0.05) is 12.1 Å². The predicted molar refractivity (Wildman–Crippen MR) is 90.1 cm³/mol. The Morgan fingerprint density at radius 2 is 1.71 bits per heavy atom. The molecule has 0 radical (unpaired) electrons. The molecular formula is C17H18ClN3O3. The van der Waals surface area contributed by atoms with Crippen molar-refractivity contribution in [3.8, 4) is 0 Å². The fraction of sp³-hybridized carbons (Fsp3) is 0.294. The van der Waals surface area contributed by atoms with E-state index in [1.54, 1.807) is 18.0 Å². The van der Waals surface area contributed by atoms with E-state index in [0.29, 0.717) is 5.02 Å². The van der Waals surface area contributed by atoms with Crippen LogP contribution in [0.1, 0.15) is 46.4 Å². The Bertz CT molecular complexity index is 747. The van der Waals surface area contributed by atoms with Gasteiger partial charge in [-0.15, -0.1) is 0 Å². The molecule has 0 spiro atoms. The fourth-order valence-corrected chi connectivity index (χ4v) is 2.83. The summed E-state index contributed by atoms with van der Waals surface area (Å²) in [6.45, 7) is 3.99. The number of amides is 1. The molecule has 1 aromatic carbocycles. The average molecular weight is 348 g/mol. The van der Waals surface area contributed by atoms with E-state index < -0.39 is 5.97 Å². The molecule has 1 N–H and O–H groups in total. The van der Waals surface area contributed by atoms with Crippen LogP contribution < -0.4 is 0 Å². The second kappa shape index (κ2) is 7.40. The maximum atomic E-state index is 12.7.